The normalized spacial score (nSPS) is 24.6. The minimum absolute atomic E-state index is 0.354. The molecule has 1 aliphatic rings. The fourth-order valence-corrected chi connectivity index (χ4v) is 2.46. The van der Waals surface area contributed by atoms with Crippen LogP contribution in [-0.4, -0.2) is 24.5 Å². The summed E-state index contributed by atoms with van der Waals surface area (Å²) in [5, 5.41) is 0. The van der Waals surface area contributed by atoms with Crippen molar-refractivity contribution in [1.29, 1.82) is 0 Å². The number of halogens is 1. The highest BCUT2D eigenvalue weighted by Gasteiger charge is 2.27. The Hall–Kier alpha value is -0.320. The van der Waals surface area contributed by atoms with Crippen molar-refractivity contribution in [1.82, 2.24) is 4.90 Å². The van der Waals surface area contributed by atoms with Gasteiger partial charge in [-0.25, -0.2) is 0 Å². The molecule has 0 saturated carbocycles. The van der Waals surface area contributed by atoms with Crippen molar-refractivity contribution >= 4 is 15.9 Å². The number of likely N-dealkylation sites (tertiary alicyclic amines) is 1. The first kappa shape index (κ1) is 11.2. The summed E-state index contributed by atoms with van der Waals surface area (Å²) >= 11 is 3.33. The first-order valence-corrected chi connectivity index (χ1v) is 6.19. The van der Waals surface area contributed by atoms with Crippen molar-refractivity contribution in [3.63, 3.8) is 0 Å². The van der Waals surface area contributed by atoms with Crippen molar-refractivity contribution < 1.29 is 4.42 Å². The Morgan fingerprint density at radius 1 is 1.67 bits per heavy atom. The van der Waals surface area contributed by atoms with Crippen molar-refractivity contribution in [3.05, 3.63) is 22.6 Å². The van der Waals surface area contributed by atoms with E-state index in [0.29, 0.717) is 12.0 Å². The average Bonchev–Trinajstić information content (AvgIpc) is 2.84. The van der Waals surface area contributed by atoms with Crippen molar-refractivity contribution in [2.45, 2.75) is 19.4 Å². The van der Waals surface area contributed by atoms with Crippen LogP contribution in [-0.2, 0) is 0 Å². The first-order chi connectivity index (χ1) is 7.20. The molecule has 1 fully saturated rings. The highest BCUT2D eigenvalue weighted by Crippen LogP contribution is 2.29. The number of nitrogens with zero attached hydrogens (tertiary/aromatic N) is 1. The molecule has 4 heteroatoms. The van der Waals surface area contributed by atoms with E-state index in [0.717, 1.165) is 30.1 Å². The molecular formula is C11H17BrN2O. The van der Waals surface area contributed by atoms with E-state index in [4.69, 9.17) is 10.2 Å². The van der Waals surface area contributed by atoms with E-state index in [1.807, 2.05) is 12.1 Å². The maximum atomic E-state index is 5.68. The van der Waals surface area contributed by atoms with Gasteiger partial charge in [0.15, 0.2) is 4.67 Å². The Morgan fingerprint density at radius 2 is 2.47 bits per heavy atom. The van der Waals surface area contributed by atoms with Gasteiger partial charge < -0.3 is 10.2 Å². The summed E-state index contributed by atoms with van der Waals surface area (Å²) in [6.07, 6.45) is 1.21. The second-order valence-electron chi connectivity index (χ2n) is 4.20. The quantitative estimate of drug-likeness (QED) is 0.919. The first-order valence-electron chi connectivity index (χ1n) is 5.40. The highest BCUT2D eigenvalue weighted by molar-refractivity contribution is 9.10. The van der Waals surface area contributed by atoms with Crippen molar-refractivity contribution in [2.75, 3.05) is 19.6 Å². The molecule has 3 nitrogen and oxygen atoms in total. The lowest BCUT2D eigenvalue weighted by Gasteiger charge is -2.22. The molecule has 0 aliphatic carbocycles. The minimum Gasteiger partial charge on any atom is -0.453 e. The molecule has 0 radical (unpaired) electrons. The van der Waals surface area contributed by atoms with Gasteiger partial charge in [-0.3, -0.25) is 4.90 Å². The number of nitrogens with two attached hydrogens (primary N) is 1. The number of rotatable bonds is 3. The molecule has 2 unspecified atom stereocenters. The molecule has 2 atom stereocenters. The third kappa shape index (κ3) is 2.44. The maximum Gasteiger partial charge on any atom is 0.169 e. The molecule has 2 N–H and O–H groups in total. The molecule has 2 rings (SSSR count). The molecule has 0 bridgehead atoms. The van der Waals surface area contributed by atoms with E-state index < -0.39 is 0 Å². The van der Waals surface area contributed by atoms with Gasteiger partial charge >= 0.3 is 0 Å². The molecule has 1 aromatic rings. The zero-order valence-electron chi connectivity index (χ0n) is 8.95. The number of hydrogen-bond donors (Lipinski definition) is 1. The Kier molecular flexibility index (Phi) is 3.49. The van der Waals surface area contributed by atoms with Gasteiger partial charge in [0.2, 0.25) is 0 Å². The van der Waals surface area contributed by atoms with Crippen LogP contribution in [0.4, 0.5) is 0 Å². The van der Waals surface area contributed by atoms with E-state index in [-0.39, 0.29) is 0 Å². The van der Waals surface area contributed by atoms with Gasteiger partial charge in [0.25, 0.3) is 0 Å². The van der Waals surface area contributed by atoms with E-state index in [9.17, 15) is 0 Å². The van der Waals surface area contributed by atoms with Crippen LogP contribution in [0.15, 0.2) is 21.2 Å². The van der Waals surface area contributed by atoms with Crippen LogP contribution in [0.1, 0.15) is 25.1 Å². The second kappa shape index (κ2) is 4.68. The lowest BCUT2D eigenvalue weighted by Crippen LogP contribution is -2.25. The van der Waals surface area contributed by atoms with E-state index in [2.05, 4.69) is 27.8 Å². The maximum absolute atomic E-state index is 5.68. The Bertz CT molecular complexity index is 326. The summed E-state index contributed by atoms with van der Waals surface area (Å²) in [5.74, 6) is 1.69. The van der Waals surface area contributed by atoms with Crippen LogP contribution in [0.2, 0.25) is 0 Å². The van der Waals surface area contributed by atoms with Gasteiger partial charge in [0.1, 0.15) is 5.76 Å². The predicted molar refractivity (Wildman–Crippen MR) is 63.6 cm³/mol. The van der Waals surface area contributed by atoms with Crippen LogP contribution in [0, 0.1) is 5.92 Å². The van der Waals surface area contributed by atoms with Gasteiger partial charge in [0.05, 0.1) is 6.04 Å². The molecule has 1 aromatic heterocycles. The molecule has 0 spiro atoms. The number of hydrogen-bond acceptors (Lipinski definition) is 3. The Morgan fingerprint density at radius 3 is 3.00 bits per heavy atom. The van der Waals surface area contributed by atoms with Gasteiger partial charge in [-0.05, 0) is 60.4 Å². The zero-order valence-corrected chi connectivity index (χ0v) is 10.5. The van der Waals surface area contributed by atoms with Crippen molar-refractivity contribution in [3.8, 4) is 0 Å². The molecule has 2 heterocycles. The minimum atomic E-state index is 0.354. The second-order valence-corrected chi connectivity index (χ2v) is 4.98. The van der Waals surface area contributed by atoms with Crippen LogP contribution >= 0.6 is 15.9 Å². The van der Waals surface area contributed by atoms with E-state index >= 15 is 0 Å². The molecule has 0 amide bonds. The molecule has 1 saturated heterocycles. The Balaban J connectivity index is 2.00. The van der Waals surface area contributed by atoms with Crippen LogP contribution in [0.5, 0.6) is 0 Å². The summed E-state index contributed by atoms with van der Waals surface area (Å²) in [7, 11) is 0. The van der Waals surface area contributed by atoms with E-state index in [1.54, 1.807) is 0 Å². The van der Waals surface area contributed by atoms with Gasteiger partial charge in [-0.15, -0.1) is 0 Å². The molecule has 1 aliphatic heterocycles. The topological polar surface area (TPSA) is 42.4 Å². The summed E-state index contributed by atoms with van der Waals surface area (Å²) in [5.41, 5.74) is 5.68. The predicted octanol–water partition coefficient (Wildman–Crippen LogP) is 2.38. The molecule has 15 heavy (non-hydrogen) atoms. The lowest BCUT2D eigenvalue weighted by molar-refractivity contribution is 0.222. The smallest absolute Gasteiger partial charge is 0.169 e. The summed E-state index contributed by atoms with van der Waals surface area (Å²) in [6, 6.07) is 4.33. The summed E-state index contributed by atoms with van der Waals surface area (Å²) < 4.78 is 6.37. The largest absolute Gasteiger partial charge is 0.453 e. The Labute approximate surface area is 98.7 Å². The third-order valence-electron chi connectivity index (χ3n) is 3.20. The molecular weight excluding hydrogens is 256 g/mol. The van der Waals surface area contributed by atoms with Gasteiger partial charge in [-0.1, -0.05) is 0 Å². The fourth-order valence-electron chi connectivity index (χ4n) is 2.14. The van der Waals surface area contributed by atoms with Crippen LogP contribution < -0.4 is 5.73 Å². The lowest BCUT2D eigenvalue weighted by atomic mass is 10.1. The summed E-state index contributed by atoms with van der Waals surface area (Å²) in [4.78, 5) is 2.43. The van der Waals surface area contributed by atoms with Crippen LogP contribution in [0.3, 0.4) is 0 Å². The highest BCUT2D eigenvalue weighted by atomic mass is 79.9. The van der Waals surface area contributed by atoms with Gasteiger partial charge in [0, 0.05) is 6.54 Å². The zero-order chi connectivity index (χ0) is 10.8. The third-order valence-corrected chi connectivity index (χ3v) is 3.63. The molecule has 0 aromatic carbocycles. The molecule has 84 valence electrons. The number of furan rings is 1. The average molecular weight is 273 g/mol. The van der Waals surface area contributed by atoms with Crippen LogP contribution in [0.25, 0.3) is 0 Å². The SMILES string of the molecule is CC(c1ccc(Br)o1)N1CCC(CN)C1. The standard InChI is InChI=1S/C11H17BrN2O/c1-8(10-2-3-11(12)15-10)14-5-4-9(6-13)7-14/h2-3,8-9H,4-7,13H2,1H3. The van der Waals surface area contributed by atoms with E-state index in [1.165, 1.54) is 6.42 Å². The monoisotopic (exact) mass is 272 g/mol. The fraction of sp³-hybridized carbons (Fsp3) is 0.636. The summed E-state index contributed by atoms with van der Waals surface area (Å²) in [6.45, 7) is 5.20. The van der Waals surface area contributed by atoms with Gasteiger partial charge in [-0.2, -0.15) is 0 Å². The van der Waals surface area contributed by atoms with Crippen molar-refractivity contribution in [2.24, 2.45) is 11.7 Å².